The first kappa shape index (κ1) is 18.4. The molecule has 0 bridgehead atoms. The maximum Gasteiger partial charge on any atom is 0.235 e. The minimum Gasteiger partial charge on any atom is -0.502 e. The number of benzene rings is 2. The fourth-order valence-corrected chi connectivity index (χ4v) is 3.05. The van der Waals surface area contributed by atoms with Crippen LogP contribution in [0.3, 0.4) is 0 Å². The Bertz CT molecular complexity index is 1130. The molecule has 4 aromatic rings. The lowest BCUT2D eigenvalue weighted by Crippen LogP contribution is -1.98. The normalized spacial score (nSPS) is 10.7. The highest BCUT2D eigenvalue weighted by atomic mass is 16.5. The monoisotopic (exact) mass is 392 g/mol. The van der Waals surface area contributed by atoms with Gasteiger partial charge in [-0.1, -0.05) is 0 Å². The zero-order valence-electron chi connectivity index (χ0n) is 16.2. The van der Waals surface area contributed by atoms with Crippen LogP contribution in [0.1, 0.15) is 0 Å². The van der Waals surface area contributed by atoms with E-state index in [0.29, 0.717) is 34.4 Å². The van der Waals surface area contributed by atoms with E-state index in [2.05, 4.69) is 15.3 Å². The van der Waals surface area contributed by atoms with Crippen molar-refractivity contribution < 1.29 is 19.3 Å². The maximum atomic E-state index is 10.2. The van der Waals surface area contributed by atoms with Gasteiger partial charge in [0.1, 0.15) is 17.3 Å². The number of aromatic nitrogens is 3. The highest BCUT2D eigenvalue weighted by Gasteiger charge is 2.19. The number of fused-ring (bicyclic) bond motifs is 1. The number of imidazole rings is 1. The average Bonchev–Trinajstić information content (AvgIpc) is 3.13. The fraction of sp³-hybridized carbons (Fsp3) is 0.143. The number of phenolic OH excluding ortho intramolecular Hbond substituents is 1. The van der Waals surface area contributed by atoms with Crippen molar-refractivity contribution in [1.82, 2.24) is 14.4 Å². The first-order valence-electron chi connectivity index (χ1n) is 8.84. The van der Waals surface area contributed by atoms with Crippen molar-refractivity contribution >= 4 is 17.3 Å². The fourth-order valence-electron chi connectivity index (χ4n) is 3.05. The summed E-state index contributed by atoms with van der Waals surface area (Å²) in [7, 11) is 4.60. The number of ether oxygens (including phenoxy) is 3. The molecule has 0 atom stereocenters. The van der Waals surface area contributed by atoms with E-state index in [4.69, 9.17) is 14.2 Å². The van der Waals surface area contributed by atoms with Crippen molar-refractivity contribution in [1.29, 1.82) is 0 Å². The molecule has 0 saturated carbocycles. The van der Waals surface area contributed by atoms with Crippen molar-refractivity contribution in [2.45, 2.75) is 0 Å². The first-order chi connectivity index (χ1) is 14.1. The second-order valence-electron chi connectivity index (χ2n) is 6.18. The number of methoxy groups -OCH3 is 3. The largest absolute Gasteiger partial charge is 0.502 e. The van der Waals surface area contributed by atoms with Crippen LogP contribution in [0.5, 0.6) is 23.0 Å². The molecular formula is C21H20N4O4. The summed E-state index contributed by atoms with van der Waals surface area (Å²) in [5, 5.41) is 13.6. The second-order valence-corrected chi connectivity index (χ2v) is 6.18. The molecule has 29 heavy (non-hydrogen) atoms. The highest BCUT2D eigenvalue weighted by Crippen LogP contribution is 2.42. The third-order valence-corrected chi connectivity index (χ3v) is 4.51. The van der Waals surface area contributed by atoms with Gasteiger partial charge in [0.15, 0.2) is 11.5 Å². The van der Waals surface area contributed by atoms with Crippen molar-refractivity contribution in [3.63, 3.8) is 0 Å². The molecule has 148 valence electrons. The van der Waals surface area contributed by atoms with Crippen molar-refractivity contribution in [2.75, 3.05) is 26.6 Å². The van der Waals surface area contributed by atoms with Gasteiger partial charge >= 0.3 is 0 Å². The van der Waals surface area contributed by atoms with Crippen LogP contribution in [0.4, 0.5) is 11.5 Å². The lowest BCUT2D eigenvalue weighted by molar-refractivity contribution is 0.340. The Kier molecular flexibility index (Phi) is 4.82. The van der Waals surface area contributed by atoms with Crippen LogP contribution in [0.25, 0.3) is 17.0 Å². The molecule has 0 aliphatic rings. The van der Waals surface area contributed by atoms with Crippen LogP contribution in [0.15, 0.2) is 54.9 Å². The summed E-state index contributed by atoms with van der Waals surface area (Å²) >= 11 is 0. The van der Waals surface area contributed by atoms with E-state index in [1.807, 2.05) is 40.9 Å². The van der Waals surface area contributed by atoms with Crippen molar-refractivity contribution in [3.05, 3.63) is 54.9 Å². The van der Waals surface area contributed by atoms with E-state index in [-0.39, 0.29) is 5.75 Å². The molecule has 0 aliphatic carbocycles. The summed E-state index contributed by atoms with van der Waals surface area (Å²) in [5.41, 5.74) is 2.20. The zero-order valence-corrected chi connectivity index (χ0v) is 16.2. The van der Waals surface area contributed by atoms with Crippen molar-refractivity contribution in [2.24, 2.45) is 0 Å². The smallest absolute Gasteiger partial charge is 0.235 e. The van der Waals surface area contributed by atoms with E-state index in [1.54, 1.807) is 25.4 Å². The summed E-state index contributed by atoms with van der Waals surface area (Å²) in [5.74, 6) is 2.53. The Morgan fingerprint density at radius 3 is 2.28 bits per heavy atom. The van der Waals surface area contributed by atoms with E-state index < -0.39 is 0 Å². The quantitative estimate of drug-likeness (QED) is 0.515. The van der Waals surface area contributed by atoms with Crippen LogP contribution in [0, 0.1) is 0 Å². The second kappa shape index (κ2) is 7.59. The number of rotatable bonds is 6. The molecule has 4 rings (SSSR count). The van der Waals surface area contributed by atoms with E-state index >= 15 is 0 Å². The molecule has 0 spiro atoms. The molecule has 0 aliphatic heterocycles. The van der Waals surface area contributed by atoms with Gasteiger partial charge in [0.05, 0.1) is 21.3 Å². The molecule has 8 heteroatoms. The number of phenols is 1. The molecule has 0 radical (unpaired) electrons. The highest BCUT2D eigenvalue weighted by molar-refractivity contribution is 5.81. The molecule has 0 saturated heterocycles. The number of hydrogen-bond donors (Lipinski definition) is 2. The Hall–Kier alpha value is -3.94. The number of anilines is 2. The van der Waals surface area contributed by atoms with Gasteiger partial charge in [-0.2, -0.15) is 0 Å². The third kappa shape index (κ3) is 3.36. The lowest BCUT2D eigenvalue weighted by atomic mass is 10.1. The Morgan fingerprint density at radius 1 is 0.966 bits per heavy atom. The molecule has 2 aromatic heterocycles. The molecule has 2 N–H and O–H groups in total. The molecule has 0 amide bonds. The number of nitrogens with one attached hydrogen (secondary N) is 1. The van der Waals surface area contributed by atoms with Gasteiger partial charge in [0.25, 0.3) is 0 Å². The standard InChI is InChI=1S/C21H20N4O4/c1-27-15-7-5-14(6-8-15)23-20-18(24-21-22-9-4-10-25(20)21)13-11-16(28-2)19(26)17(12-13)29-3/h4-12,23,26H,1-3H3. The Labute approximate surface area is 167 Å². The molecule has 2 heterocycles. The van der Waals surface area contributed by atoms with Gasteiger partial charge in [-0.25, -0.2) is 9.97 Å². The van der Waals surface area contributed by atoms with Crippen LogP contribution >= 0.6 is 0 Å². The first-order valence-corrected chi connectivity index (χ1v) is 8.84. The zero-order chi connectivity index (χ0) is 20.4. The van der Waals surface area contributed by atoms with Gasteiger partial charge in [-0.3, -0.25) is 4.40 Å². The summed E-state index contributed by atoms with van der Waals surface area (Å²) in [6.07, 6.45) is 3.56. The lowest BCUT2D eigenvalue weighted by Gasteiger charge is -2.12. The van der Waals surface area contributed by atoms with Gasteiger partial charge in [-0.05, 0) is 42.5 Å². The van der Waals surface area contributed by atoms with Crippen molar-refractivity contribution in [3.8, 4) is 34.3 Å². The van der Waals surface area contributed by atoms with E-state index in [0.717, 1.165) is 11.4 Å². The van der Waals surface area contributed by atoms with Crippen LogP contribution in [-0.4, -0.2) is 40.8 Å². The number of nitrogens with zero attached hydrogens (tertiary/aromatic N) is 3. The molecule has 2 aromatic carbocycles. The summed E-state index contributed by atoms with van der Waals surface area (Å²) < 4.78 is 17.7. The molecular weight excluding hydrogens is 372 g/mol. The van der Waals surface area contributed by atoms with Gasteiger partial charge in [-0.15, -0.1) is 0 Å². The minimum absolute atomic E-state index is 0.0645. The van der Waals surface area contributed by atoms with Crippen LogP contribution in [0.2, 0.25) is 0 Å². The predicted molar refractivity (Wildman–Crippen MR) is 109 cm³/mol. The Balaban J connectivity index is 1.87. The maximum absolute atomic E-state index is 10.2. The summed E-state index contributed by atoms with van der Waals surface area (Å²) in [6.45, 7) is 0. The number of aromatic hydroxyl groups is 1. The third-order valence-electron chi connectivity index (χ3n) is 4.51. The van der Waals surface area contributed by atoms with E-state index in [1.165, 1.54) is 14.2 Å². The molecule has 0 fully saturated rings. The SMILES string of the molecule is COc1ccc(Nc2c(-c3cc(OC)c(O)c(OC)c3)nc3ncccn23)cc1. The van der Waals surface area contributed by atoms with Gasteiger partial charge < -0.3 is 24.6 Å². The summed E-state index contributed by atoms with van der Waals surface area (Å²) in [4.78, 5) is 9.00. The van der Waals surface area contributed by atoms with E-state index in [9.17, 15) is 5.11 Å². The van der Waals surface area contributed by atoms with Gasteiger partial charge in [0, 0.05) is 23.6 Å². The topological polar surface area (TPSA) is 90.1 Å². The summed E-state index contributed by atoms with van der Waals surface area (Å²) in [6, 6.07) is 12.8. The number of hydrogen-bond acceptors (Lipinski definition) is 7. The average molecular weight is 392 g/mol. The van der Waals surface area contributed by atoms with Crippen LogP contribution < -0.4 is 19.5 Å². The predicted octanol–water partition coefficient (Wildman–Crippen LogP) is 3.87. The van der Waals surface area contributed by atoms with Gasteiger partial charge in [0.2, 0.25) is 11.5 Å². The van der Waals surface area contributed by atoms with Crippen LogP contribution in [-0.2, 0) is 0 Å². The minimum atomic E-state index is -0.0645. The Morgan fingerprint density at radius 2 is 1.66 bits per heavy atom. The molecule has 8 nitrogen and oxygen atoms in total. The molecule has 0 unspecified atom stereocenters.